The van der Waals surface area contributed by atoms with Gasteiger partial charge in [0.2, 0.25) is 0 Å². The average molecular weight is 396 g/mol. The number of nitrogens with zero attached hydrogens (tertiary/aromatic N) is 4. The van der Waals surface area contributed by atoms with Crippen LogP contribution < -0.4 is 5.32 Å². The van der Waals surface area contributed by atoms with Gasteiger partial charge in [-0.2, -0.15) is 5.10 Å². The monoisotopic (exact) mass is 395 g/mol. The predicted molar refractivity (Wildman–Crippen MR) is 109 cm³/mol. The molecule has 0 aromatic carbocycles. The molecule has 2 aromatic rings. The highest BCUT2D eigenvalue weighted by atomic mass is 16.2. The second kappa shape index (κ2) is 7.97. The highest BCUT2D eigenvalue weighted by molar-refractivity contribution is 5.94. The van der Waals surface area contributed by atoms with Crippen molar-refractivity contribution in [2.45, 2.75) is 39.0 Å². The number of hydrogen-bond donors (Lipinski definition) is 1. The molecule has 4 rings (SSSR count). The van der Waals surface area contributed by atoms with Crippen LogP contribution in [0.1, 0.15) is 59.0 Å². The van der Waals surface area contributed by atoms with Gasteiger partial charge in [-0.1, -0.05) is 19.4 Å². The van der Waals surface area contributed by atoms with Gasteiger partial charge < -0.3 is 10.2 Å². The summed E-state index contributed by atoms with van der Waals surface area (Å²) in [5.41, 5.74) is 2.39. The quantitative estimate of drug-likeness (QED) is 0.843. The van der Waals surface area contributed by atoms with Crippen molar-refractivity contribution in [3.8, 4) is 0 Å². The largest absolute Gasteiger partial charge is 0.352 e. The first kappa shape index (κ1) is 19.6. The van der Waals surface area contributed by atoms with Crippen molar-refractivity contribution in [2.75, 3.05) is 19.6 Å². The van der Waals surface area contributed by atoms with E-state index in [4.69, 9.17) is 0 Å². The van der Waals surface area contributed by atoms with Crippen molar-refractivity contribution in [1.82, 2.24) is 25.0 Å². The first-order valence-electron chi connectivity index (χ1n) is 10.5. The van der Waals surface area contributed by atoms with Crippen LogP contribution in [-0.2, 0) is 13.5 Å². The normalized spacial score (nSPS) is 20.3. The zero-order valence-electron chi connectivity index (χ0n) is 17.2. The molecule has 0 bridgehead atoms. The summed E-state index contributed by atoms with van der Waals surface area (Å²) in [6.45, 7) is 4.07. The molecule has 1 aliphatic carbocycles. The number of rotatable bonds is 5. The third kappa shape index (κ3) is 3.78. The van der Waals surface area contributed by atoms with Crippen LogP contribution in [0.15, 0.2) is 30.7 Å². The Morgan fingerprint density at radius 2 is 2.14 bits per heavy atom. The van der Waals surface area contributed by atoms with Crippen LogP contribution in [0.3, 0.4) is 0 Å². The van der Waals surface area contributed by atoms with Gasteiger partial charge in [-0.3, -0.25) is 19.3 Å². The van der Waals surface area contributed by atoms with Gasteiger partial charge in [-0.25, -0.2) is 0 Å². The molecule has 7 nitrogen and oxygen atoms in total. The van der Waals surface area contributed by atoms with Crippen molar-refractivity contribution >= 4 is 11.8 Å². The number of carbonyl (C=O) groups is 2. The second-order valence-corrected chi connectivity index (χ2v) is 8.39. The number of aromatic nitrogens is 3. The van der Waals surface area contributed by atoms with Crippen LogP contribution in [0, 0.1) is 11.3 Å². The van der Waals surface area contributed by atoms with E-state index in [0.717, 1.165) is 24.9 Å². The molecule has 3 heterocycles. The summed E-state index contributed by atoms with van der Waals surface area (Å²) >= 11 is 0. The fraction of sp³-hybridized carbons (Fsp3) is 0.545. The molecule has 29 heavy (non-hydrogen) atoms. The maximum atomic E-state index is 13.2. The standard InChI is InChI=1S/C22H29N5O2/c1-3-16-6-4-10-23-19(16)21(29)27-11-9-22(7-5-8-22)18(15-27)13-24-20(28)17-12-25-26(2)14-17/h4,6,10,12,14,18H,3,5,7-9,11,13,15H2,1-2H3,(H,24,28). The fourth-order valence-corrected chi connectivity index (χ4v) is 4.79. The lowest BCUT2D eigenvalue weighted by Gasteiger charge is -2.53. The Bertz CT molecular complexity index is 902. The van der Waals surface area contributed by atoms with Gasteiger partial charge in [0.05, 0.1) is 11.8 Å². The van der Waals surface area contributed by atoms with E-state index in [0.29, 0.717) is 24.3 Å². The minimum Gasteiger partial charge on any atom is -0.352 e. The molecule has 154 valence electrons. The number of piperidine rings is 1. The Balaban J connectivity index is 1.46. The van der Waals surface area contributed by atoms with Crippen LogP contribution >= 0.6 is 0 Å². The lowest BCUT2D eigenvalue weighted by atomic mass is 9.57. The number of likely N-dealkylation sites (tertiary alicyclic amines) is 1. The Labute approximate surface area is 171 Å². The lowest BCUT2D eigenvalue weighted by Crippen LogP contribution is -2.55. The van der Waals surface area contributed by atoms with Gasteiger partial charge in [-0.05, 0) is 48.6 Å². The number of carbonyl (C=O) groups excluding carboxylic acids is 2. The maximum absolute atomic E-state index is 13.2. The van der Waals surface area contributed by atoms with Crippen molar-refractivity contribution in [1.29, 1.82) is 0 Å². The van der Waals surface area contributed by atoms with E-state index in [2.05, 4.69) is 15.4 Å². The summed E-state index contributed by atoms with van der Waals surface area (Å²) < 4.78 is 1.63. The first-order chi connectivity index (χ1) is 14.0. The van der Waals surface area contributed by atoms with Crippen molar-refractivity contribution < 1.29 is 9.59 Å². The summed E-state index contributed by atoms with van der Waals surface area (Å²) in [5, 5.41) is 7.15. The molecule has 2 aliphatic rings. The Morgan fingerprint density at radius 1 is 1.31 bits per heavy atom. The highest BCUT2D eigenvalue weighted by Gasteiger charge is 2.47. The lowest BCUT2D eigenvalue weighted by molar-refractivity contribution is -0.0222. The summed E-state index contributed by atoms with van der Waals surface area (Å²) in [6, 6.07) is 3.86. The number of amides is 2. The van der Waals surface area contributed by atoms with Crippen molar-refractivity contribution in [3.63, 3.8) is 0 Å². The number of pyridine rings is 1. The highest BCUT2D eigenvalue weighted by Crippen LogP contribution is 2.52. The minimum absolute atomic E-state index is 0.0141. The van der Waals surface area contributed by atoms with Gasteiger partial charge >= 0.3 is 0 Å². The SMILES string of the molecule is CCc1cccnc1C(=O)N1CCC2(CCC2)C(CNC(=O)c2cnn(C)c2)C1. The summed E-state index contributed by atoms with van der Waals surface area (Å²) in [7, 11) is 1.80. The van der Waals surface area contributed by atoms with Crippen LogP contribution in [0.25, 0.3) is 0 Å². The van der Waals surface area contributed by atoms with E-state index in [1.54, 1.807) is 30.3 Å². The molecule has 1 unspecified atom stereocenters. The Hall–Kier alpha value is -2.70. The second-order valence-electron chi connectivity index (χ2n) is 8.39. The molecular weight excluding hydrogens is 366 g/mol. The molecule has 2 aromatic heterocycles. The summed E-state index contributed by atoms with van der Waals surface area (Å²) in [4.78, 5) is 32.0. The van der Waals surface area contributed by atoms with Crippen LogP contribution in [0.2, 0.25) is 0 Å². The number of hydrogen-bond acceptors (Lipinski definition) is 4. The van der Waals surface area contributed by atoms with Crippen molar-refractivity contribution in [3.05, 3.63) is 47.5 Å². The zero-order chi connectivity index (χ0) is 20.4. The third-order valence-electron chi connectivity index (χ3n) is 6.77. The molecule has 7 heteroatoms. The van der Waals surface area contributed by atoms with E-state index in [1.807, 2.05) is 24.0 Å². The molecule has 1 saturated heterocycles. The maximum Gasteiger partial charge on any atom is 0.272 e. The first-order valence-corrected chi connectivity index (χ1v) is 10.5. The van der Waals surface area contributed by atoms with E-state index in [-0.39, 0.29) is 23.1 Å². The smallest absolute Gasteiger partial charge is 0.272 e. The van der Waals surface area contributed by atoms with Gasteiger partial charge in [-0.15, -0.1) is 0 Å². The van der Waals surface area contributed by atoms with E-state index < -0.39 is 0 Å². The molecule has 1 N–H and O–H groups in total. The summed E-state index contributed by atoms with van der Waals surface area (Å²) in [6.07, 6.45) is 10.4. The van der Waals surface area contributed by atoms with E-state index >= 15 is 0 Å². The topological polar surface area (TPSA) is 80.1 Å². The van der Waals surface area contributed by atoms with E-state index in [9.17, 15) is 9.59 Å². The molecule has 1 spiro atoms. The summed E-state index contributed by atoms with van der Waals surface area (Å²) in [5.74, 6) is 0.178. The molecule has 2 amide bonds. The molecule has 0 radical (unpaired) electrons. The van der Waals surface area contributed by atoms with Crippen molar-refractivity contribution in [2.24, 2.45) is 18.4 Å². The van der Waals surface area contributed by atoms with Crippen LogP contribution in [0.5, 0.6) is 0 Å². The van der Waals surface area contributed by atoms with Crippen LogP contribution in [0.4, 0.5) is 0 Å². The molecule has 1 saturated carbocycles. The third-order valence-corrected chi connectivity index (χ3v) is 6.77. The van der Waals surface area contributed by atoms with Gasteiger partial charge in [0.1, 0.15) is 5.69 Å². The molecule has 1 aliphatic heterocycles. The Kier molecular flexibility index (Phi) is 5.39. The van der Waals surface area contributed by atoms with Gasteiger partial charge in [0, 0.05) is 39.1 Å². The molecule has 2 fully saturated rings. The number of nitrogens with one attached hydrogen (secondary N) is 1. The minimum atomic E-state index is -0.103. The van der Waals surface area contributed by atoms with Gasteiger partial charge in [0.15, 0.2) is 0 Å². The molecular formula is C22H29N5O2. The number of aryl methyl sites for hydroxylation is 2. The predicted octanol–water partition coefficient (Wildman–Crippen LogP) is 2.44. The average Bonchev–Trinajstić information content (AvgIpc) is 3.16. The van der Waals surface area contributed by atoms with Crippen LogP contribution in [-0.4, -0.2) is 51.1 Å². The Morgan fingerprint density at radius 3 is 2.79 bits per heavy atom. The van der Waals surface area contributed by atoms with Gasteiger partial charge in [0.25, 0.3) is 11.8 Å². The molecule has 1 atom stereocenters. The zero-order valence-corrected chi connectivity index (χ0v) is 17.2. The fourth-order valence-electron chi connectivity index (χ4n) is 4.79. The van der Waals surface area contributed by atoms with E-state index in [1.165, 1.54) is 19.3 Å².